The van der Waals surface area contributed by atoms with E-state index in [0.717, 1.165) is 12.1 Å². The van der Waals surface area contributed by atoms with Crippen LogP contribution in [0.1, 0.15) is 16.7 Å². The summed E-state index contributed by atoms with van der Waals surface area (Å²) in [6.07, 6.45) is -3.24. The lowest BCUT2D eigenvalue weighted by atomic mass is 10.1. The molecule has 3 N–H and O–H groups in total. The van der Waals surface area contributed by atoms with E-state index in [4.69, 9.17) is 35.4 Å². The Balaban J connectivity index is 2.07. The van der Waals surface area contributed by atoms with E-state index in [1.54, 1.807) is 6.92 Å². The summed E-state index contributed by atoms with van der Waals surface area (Å²) >= 11 is 16.6. The highest BCUT2D eigenvalue weighted by atomic mass is 35.5. The largest absolute Gasteiger partial charge is 0.506 e. The Bertz CT molecular complexity index is 873. The van der Waals surface area contributed by atoms with Gasteiger partial charge in [-0.25, -0.2) is 0 Å². The van der Waals surface area contributed by atoms with Gasteiger partial charge in [0, 0.05) is 16.3 Å². The lowest BCUT2D eigenvalue weighted by molar-refractivity contribution is -0.137. The Labute approximate surface area is 162 Å². The number of hydrogen-bond acceptors (Lipinski definition) is 3. The first-order chi connectivity index (χ1) is 12.1. The predicted octanol–water partition coefficient (Wildman–Crippen LogP) is 5.35. The molecule has 2 aromatic carbocycles. The summed E-state index contributed by atoms with van der Waals surface area (Å²) in [4.78, 5) is 0. The van der Waals surface area contributed by atoms with Crippen LogP contribution in [0, 0.1) is 6.92 Å². The van der Waals surface area contributed by atoms with Gasteiger partial charge in [0.1, 0.15) is 5.75 Å². The second kappa shape index (κ2) is 8.11. The molecule has 4 nitrogen and oxygen atoms in total. The summed E-state index contributed by atoms with van der Waals surface area (Å²) in [6, 6.07) is 6.28. The van der Waals surface area contributed by atoms with E-state index in [1.165, 1.54) is 24.4 Å². The summed E-state index contributed by atoms with van der Waals surface area (Å²) in [5, 5.41) is 16.5. The second-order valence-electron chi connectivity index (χ2n) is 5.24. The van der Waals surface area contributed by atoms with Crippen molar-refractivity contribution in [1.29, 1.82) is 0 Å². The van der Waals surface area contributed by atoms with Crippen LogP contribution < -0.4 is 10.7 Å². The highest BCUT2D eigenvalue weighted by Crippen LogP contribution is 2.32. The third kappa shape index (κ3) is 5.48. The Morgan fingerprint density at radius 1 is 1.19 bits per heavy atom. The molecule has 26 heavy (non-hydrogen) atoms. The molecule has 2 rings (SSSR count). The fraction of sp³-hybridized carbons (Fsp3) is 0.125. The number of phenols is 1. The van der Waals surface area contributed by atoms with Crippen molar-refractivity contribution in [3.63, 3.8) is 0 Å². The summed E-state index contributed by atoms with van der Waals surface area (Å²) in [7, 11) is 0. The first-order valence-electron chi connectivity index (χ1n) is 7.03. The quantitative estimate of drug-likeness (QED) is 0.355. The maximum Gasteiger partial charge on any atom is 0.416 e. The van der Waals surface area contributed by atoms with Crippen molar-refractivity contribution >= 4 is 52.4 Å². The van der Waals surface area contributed by atoms with Gasteiger partial charge in [0.25, 0.3) is 0 Å². The molecular weight excluding hydrogens is 410 g/mol. The number of aryl methyl sites for hydroxylation is 1. The number of alkyl halides is 3. The number of thiocarbonyl (C=S) groups is 1. The zero-order chi connectivity index (χ0) is 19.5. The van der Waals surface area contributed by atoms with Crippen LogP contribution in [0.25, 0.3) is 0 Å². The Morgan fingerprint density at radius 3 is 2.54 bits per heavy atom. The number of benzene rings is 2. The SMILES string of the molecule is Cc1cc(NC(=S)N/N=C\c2cc(Cl)cc(Cl)c2O)cc(C(F)(F)F)c1. The number of rotatable bonds is 3. The molecule has 0 radical (unpaired) electrons. The number of nitrogens with one attached hydrogen (secondary N) is 2. The Hall–Kier alpha value is -2.03. The van der Waals surface area contributed by atoms with Crippen LogP contribution in [0.15, 0.2) is 35.4 Å². The molecule has 0 aromatic heterocycles. The fourth-order valence-electron chi connectivity index (χ4n) is 2.02. The third-order valence-electron chi connectivity index (χ3n) is 3.09. The first kappa shape index (κ1) is 20.3. The Kier molecular flexibility index (Phi) is 6.33. The molecule has 0 amide bonds. The molecule has 2 aromatic rings. The van der Waals surface area contributed by atoms with Crippen molar-refractivity contribution in [2.24, 2.45) is 5.10 Å². The smallest absolute Gasteiger partial charge is 0.416 e. The van der Waals surface area contributed by atoms with E-state index in [1.807, 2.05) is 0 Å². The molecule has 0 aliphatic heterocycles. The van der Waals surface area contributed by atoms with Crippen LogP contribution in [0.2, 0.25) is 10.0 Å². The zero-order valence-electron chi connectivity index (χ0n) is 13.2. The van der Waals surface area contributed by atoms with Crippen molar-refractivity contribution in [2.45, 2.75) is 13.1 Å². The molecule has 138 valence electrons. The van der Waals surface area contributed by atoms with Crippen molar-refractivity contribution < 1.29 is 18.3 Å². The van der Waals surface area contributed by atoms with Crippen molar-refractivity contribution in [3.05, 3.63) is 57.1 Å². The maximum atomic E-state index is 12.8. The monoisotopic (exact) mass is 421 g/mol. The lowest BCUT2D eigenvalue weighted by Gasteiger charge is -2.12. The molecule has 0 fully saturated rings. The van der Waals surface area contributed by atoms with Crippen molar-refractivity contribution in [3.8, 4) is 5.75 Å². The summed E-state index contributed by atoms with van der Waals surface area (Å²) in [6.45, 7) is 1.54. The van der Waals surface area contributed by atoms with E-state index in [2.05, 4.69) is 15.8 Å². The molecule has 0 saturated carbocycles. The van der Waals surface area contributed by atoms with E-state index in [-0.39, 0.29) is 27.1 Å². The number of aromatic hydroxyl groups is 1. The number of phenolic OH excluding ortho intramolecular Hbond substituents is 1. The van der Waals surface area contributed by atoms with Gasteiger partial charge in [0.05, 0.1) is 16.8 Å². The topological polar surface area (TPSA) is 56.7 Å². The molecule has 0 saturated heterocycles. The highest BCUT2D eigenvalue weighted by Gasteiger charge is 2.30. The van der Waals surface area contributed by atoms with Gasteiger partial charge in [-0.05, 0) is 55.0 Å². The molecule has 0 spiro atoms. The molecule has 0 bridgehead atoms. The van der Waals surface area contributed by atoms with Crippen LogP contribution in [0.5, 0.6) is 5.75 Å². The van der Waals surface area contributed by atoms with Gasteiger partial charge in [0.15, 0.2) is 5.11 Å². The van der Waals surface area contributed by atoms with E-state index >= 15 is 0 Å². The molecule has 0 aliphatic rings. The van der Waals surface area contributed by atoms with Gasteiger partial charge in [-0.2, -0.15) is 18.3 Å². The van der Waals surface area contributed by atoms with Crippen LogP contribution in [0.3, 0.4) is 0 Å². The molecule has 0 atom stereocenters. The third-order valence-corrected chi connectivity index (χ3v) is 3.79. The maximum absolute atomic E-state index is 12.8. The minimum absolute atomic E-state index is 0.0346. The van der Waals surface area contributed by atoms with Gasteiger partial charge in [-0.15, -0.1) is 0 Å². The number of hydrogen-bond donors (Lipinski definition) is 3. The van der Waals surface area contributed by atoms with Crippen LogP contribution in [0.4, 0.5) is 18.9 Å². The molecule has 0 unspecified atom stereocenters. The van der Waals surface area contributed by atoms with E-state index in [0.29, 0.717) is 10.6 Å². The van der Waals surface area contributed by atoms with Gasteiger partial charge >= 0.3 is 6.18 Å². The van der Waals surface area contributed by atoms with Crippen molar-refractivity contribution in [2.75, 3.05) is 5.32 Å². The van der Waals surface area contributed by atoms with Crippen molar-refractivity contribution in [1.82, 2.24) is 5.43 Å². The normalized spacial score (nSPS) is 11.6. The number of nitrogens with zero attached hydrogens (tertiary/aromatic N) is 1. The lowest BCUT2D eigenvalue weighted by Crippen LogP contribution is -2.24. The average molecular weight is 422 g/mol. The average Bonchev–Trinajstić information content (AvgIpc) is 2.50. The van der Waals surface area contributed by atoms with Crippen LogP contribution in [-0.4, -0.2) is 16.4 Å². The fourth-order valence-corrected chi connectivity index (χ4v) is 2.70. The second-order valence-corrected chi connectivity index (χ2v) is 6.49. The summed E-state index contributed by atoms with van der Waals surface area (Å²) < 4.78 is 38.5. The molecular formula is C16H12Cl2F3N3OS. The number of halogens is 5. The molecule has 10 heteroatoms. The standard InChI is InChI=1S/C16H12Cl2F3N3OS/c1-8-2-10(16(19,20)21)5-12(3-8)23-15(26)24-22-7-9-4-11(17)6-13(18)14(9)25/h2-7,25H,1H3,(H2,23,24,26)/b22-7-. The first-order valence-corrected chi connectivity index (χ1v) is 8.19. The van der Waals surface area contributed by atoms with Gasteiger partial charge in [-0.1, -0.05) is 23.2 Å². The van der Waals surface area contributed by atoms with Crippen LogP contribution >= 0.6 is 35.4 Å². The minimum Gasteiger partial charge on any atom is -0.506 e. The molecule has 0 aliphatic carbocycles. The predicted molar refractivity (Wildman–Crippen MR) is 101 cm³/mol. The Morgan fingerprint density at radius 2 is 1.88 bits per heavy atom. The van der Waals surface area contributed by atoms with E-state index in [9.17, 15) is 18.3 Å². The number of anilines is 1. The summed E-state index contributed by atoms with van der Waals surface area (Å²) in [5.41, 5.74) is 2.48. The van der Waals surface area contributed by atoms with Crippen LogP contribution in [-0.2, 0) is 6.18 Å². The summed E-state index contributed by atoms with van der Waals surface area (Å²) in [5.74, 6) is -0.214. The number of hydrazone groups is 1. The van der Waals surface area contributed by atoms with Gasteiger partial charge in [0.2, 0.25) is 0 Å². The zero-order valence-corrected chi connectivity index (χ0v) is 15.5. The van der Waals surface area contributed by atoms with Gasteiger partial charge in [-0.3, -0.25) is 5.43 Å². The van der Waals surface area contributed by atoms with E-state index < -0.39 is 11.7 Å². The minimum atomic E-state index is -4.46. The van der Waals surface area contributed by atoms with Gasteiger partial charge < -0.3 is 10.4 Å². The highest BCUT2D eigenvalue weighted by molar-refractivity contribution is 7.80. The molecule has 0 heterocycles.